The van der Waals surface area contributed by atoms with E-state index in [1.54, 1.807) is 18.2 Å². The molecule has 8 nitrogen and oxygen atoms in total. The number of nitrogens with zero attached hydrogens (tertiary/aromatic N) is 1. The van der Waals surface area contributed by atoms with Crippen LogP contribution in [0.15, 0.2) is 48.5 Å². The van der Waals surface area contributed by atoms with Crippen LogP contribution < -0.4 is 16.2 Å². The number of benzene rings is 2. The van der Waals surface area contributed by atoms with Crippen molar-refractivity contribution in [3.8, 4) is 0 Å². The normalized spacial score (nSPS) is 11.6. The van der Waals surface area contributed by atoms with Crippen molar-refractivity contribution in [2.75, 3.05) is 5.43 Å². The van der Waals surface area contributed by atoms with Crippen LogP contribution in [-0.2, 0) is 4.79 Å². The van der Waals surface area contributed by atoms with Crippen LogP contribution in [0, 0.1) is 23.0 Å². The van der Waals surface area contributed by atoms with Gasteiger partial charge in [0.2, 0.25) is 0 Å². The Morgan fingerprint density at radius 3 is 2.36 bits per heavy atom. The monoisotopic (exact) mass is 384 g/mol. The van der Waals surface area contributed by atoms with Crippen LogP contribution >= 0.6 is 0 Å². The van der Waals surface area contributed by atoms with Crippen LogP contribution in [0.2, 0.25) is 0 Å². The Bertz CT molecular complexity index is 867. The molecule has 8 heteroatoms. The molecule has 2 rings (SSSR count). The van der Waals surface area contributed by atoms with Crippen LogP contribution in [0.5, 0.6) is 0 Å². The van der Waals surface area contributed by atoms with Crippen LogP contribution in [0.4, 0.5) is 11.4 Å². The second kappa shape index (κ2) is 9.50. The lowest BCUT2D eigenvalue weighted by atomic mass is 10.0. The number of nitro benzene ring substituents is 1. The summed E-state index contributed by atoms with van der Waals surface area (Å²) in [6.07, 6.45) is 0.419. The summed E-state index contributed by atoms with van der Waals surface area (Å²) in [4.78, 5) is 35.7. The van der Waals surface area contributed by atoms with Gasteiger partial charge in [-0.1, -0.05) is 44.2 Å². The van der Waals surface area contributed by atoms with Gasteiger partial charge in [-0.3, -0.25) is 30.6 Å². The lowest BCUT2D eigenvalue weighted by Gasteiger charge is -2.21. The number of carbonyl (C=O) groups is 2. The predicted octanol–water partition coefficient (Wildman–Crippen LogP) is 3.19. The largest absolute Gasteiger partial charge is 0.340 e. The SMILES string of the molecule is Cc1ccccc1C(=O)NC(CC(C)C)C(=O)NNc1ccccc1[N+](=O)[O-]. The Kier molecular flexibility index (Phi) is 7.08. The number of carbonyl (C=O) groups excluding carboxylic acids is 2. The van der Waals surface area contributed by atoms with Gasteiger partial charge in [-0.15, -0.1) is 0 Å². The molecule has 0 spiro atoms. The van der Waals surface area contributed by atoms with Crippen LogP contribution in [0.1, 0.15) is 36.2 Å². The topological polar surface area (TPSA) is 113 Å². The van der Waals surface area contributed by atoms with E-state index in [0.29, 0.717) is 12.0 Å². The van der Waals surface area contributed by atoms with E-state index in [4.69, 9.17) is 0 Å². The van der Waals surface area contributed by atoms with Crippen molar-refractivity contribution in [1.82, 2.24) is 10.7 Å². The Hall–Kier alpha value is -3.42. The van der Waals surface area contributed by atoms with Gasteiger partial charge in [0.15, 0.2) is 0 Å². The number of aryl methyl sites for hydroxylation is 1. The van der Waals surface area contributed by atoms with Crippen molar-refractivity contribution in [2.45, 2.75) is 33.2 Å². The summed E-state index contributed by atoms with van der Waals surface area (Å²) in [5, 5.41) is 13.8. The molecular formula is C20H24N4O4. The highest BCUT2D eigenvalue weighted by Crippen LogP contribution is 2.22. The molecule has 0 aliphatic heterocycles. The average Bonchev–Trinajstić information content (AvgIpc) is 2.65. The highest BCUT2D eigenvalue weighted by molar-refractivity contribution is 5.98. The van der Waals surface area contributed by atoms with Crippen LogP contribution in [0.3, 0.4) is 0 Å². The van der Waals surface area contributed by atoms with Crippen molar-refractivity contribution in [1.29, 1.82) is 0 Å². The fourth-order valence-corrected chi connectivity index (χ4v) is 2.72. The molecule has 1 atom stereocenters. The first-order valence-corrected chi connectivity index (χ1v) is 8.95. The Morgan fingerprint density at radius 2 is 1.71 bits per heavy atom. The second-order valence-electron chi connectivity index (χ2n) is 6.86. The molecule has 148 valence electrons. The van der Waals surface area contributed by atoms with Crippen molar-refractivity contribution in [3.63, 3.8) is 0 Å². The van der Waals surface area contributed by atoms with Gasteiger partial charge >= 0.3 is 0 Å². The summed E-state index contributed by atoms with van der Waals surface area (Å²) in [5.41, 5.74) is 6.35. The minimum absolute atomic E-state index is 0.152. The molecule has 0 saturated carbocycles. The van der Waals surface area contributed by atoms with Crippen molar-refractivity contribution in [3.05, 3.63) is 69.8 Å². The molecule has 0 aliphatic rings. The average molecular weight is 384 g/mol. The van der Waals surface area contributed by atoms with Gasteiger partial charge in [0.1, 0.15) is 11.7 Å². The standard InChI is InChI=1S/C20H24N4O4/c1-13(2)12-17(21-19(25)15-9-5-4-8-14(15)3)20(26)23-22-16-10-6-7-11-18(16)24(27)28/h4-11,13,17,22H,12H2,1-3H3,(H,21,25)(H,23,26). The number of hydrogen-bond donors (Lipinski definition) is 3. The number of hydrazine groups is 1. The summed E-state index contributed by atoms with van der Waals surface area (Å²) >= 11 is 0. The molecule has 0 aliphatic carbocycles. The quantitative estimate of drug-likeness (QED) is 0.478. The molecule has 1 unspecified atom stereocenters. The van der Waals surface area contributed by atoms with Gasteiger partial charge in [0.05, 0.1) is 4.92 Å². The van der Waals surface area contributed by atoms with Gasteiger partial charge < -0.3 is 5.32 Å². The number of amides is 2. The first kappa shape index (κ1) is 20.9. The lowest BCUT2D eigenvalue weighted by Crippen LogP contribution is -2.49. The third kappa shape index (κ3) is 5.54. The van der Waals surface area contributed by atoms with E-state index in [2.05, 4.69) is 16.2 Å². The first-order valence-electron chi connectivity index (χ1n) is 8.95. The Balaban J connectivity index is 2.10. The van der Waals surface area contributed by atoms with Gasteiger partial charge in [-0.25, -0.2) is 0 Å². The van der Waals surface area contributed by atoms with Crippen LogP contribution in [-0.4, -0.2) is 22.8 Å². The molecule has 0 saturated heterocycles. The van der Waals surface area contributed by atoms with Crippen molar-refractivity contribution >= 4 is 23.2 Å². The highest BCUT2D eigenvalue weighted by Gasteiger charge is 2.24. The number of nitrogens with one attached hydrogen (secondary N) is 3. The number of para-hydroxylation sites is 2. The Labute approximate surface area is 163 Å². The molecule has 0 radical (unpaired) electrons. The molecule has 0 aromatic heterocycles. The minimum atomic E-state index is -0.789. The fourth-order valence-electron chi connectivity index (χ4n) is 2.72. The third-order valence-corrected chi connectivity index (χ3v) is 4.14. The van der Waals surface area contributed by atoms with E-state index in [0.717, 1.165) is 5.56 Å². The number of rotatable bonds is 8. The van der Waals surface area contributed by atoms with Gasteiger partial charge in [0.25, 0.3) is 17.5 Å². The maximum Gasteiger partial charge on any atom is 0.294 e. The molecule has 3 N–H and O–H groups in total. The first-order chi connectivity index (χ1) is 13.3. The van der Waals surface area contributed by atoms with Crippen molar-refractivity contribution < 1.29 is 14.5 Å². The molecule has 2 amide bonds. The molecule has 0 bridgehead atoms. The fraction of sp³-hybridized carbons (Fsp3) is 0.300. The number of hydrogen-bond acceptors (Lipinski definition) is 5. The van der Waals surface area contributed by atoms with E-state index in [1.165, 1.54) is 18.2 Å². The van der Waals surface area contributed by atoms with Crippen molar-refractivity contribution in [2.24, 2.45) is 5.92 Å². The van der Waals surface area contributed by atoms with E-state index >= 15 is 0 Å². The molecule has 0 fully saturated rings. The van der Waals surface area contributed by atoms with E-state index < -0.39 is 16.9 Å². The zero-order chi connectivity index (χ0) is 20.7. The number of anilines is 1. The maximum absolute atomic E-state index is 12.6. The zero-order valence-electron chi connectivity index (χ0n) is 16.1. The smallest absolute Gasteiger partial charge is 0.294 e. The molecular weight excluding hydrogens is 360 g/mol. The molecule has 0 heterocycles. The Morgan fingerprint density at radius 1 is 1.07 bits per heavy atom. The number of nitro groups is 1. The third-order valence-electron chi connectivity index (χ3n) is 4.14. The van der Waals surface area contributed by atoms with E-state index in [9.17, 15) is 19.7 Å². The van der Waals surface area contributed by atoms with Gasteiger partial charge in [0, 0.05) is 11.6 Å². The predicted molar refractivity (Wildman–Crippen MR) is 107 cm³/mol. The van der Waals surface area contributed by atoms with Gasteiger partial charge in [-0.05, 0) is 37.0 Å². The molecule has 2 aromatic carbocycles. The van der Waals surface area contributed by atoms with Gasteiger partial charge in [-0.2, -0.15) is 0 Å². The summed E-state index contributed by atoms with van der Waals surface area (Å²) in [6.45, 7) is 5.70. The highest BCUT2D eigenvalue weighted by atomic mass is 16.6. The molecule has 28 heavy (non-hydrogen) atoms. The summed E-state index contributed by atoms with van der Waals surface area (Å²) in [5.74, 6) is -0.669. The summed E-state index contributed by atoms with van der Waals surface area (Å²) in [6, 6.07) is 12.3. The summed E-state index contributed by atoms with van der Waals surface area (Å²) < 4.78 is 0. The molecule has 2 aromatic rings. The van der Waals surface area contributed by atoms with E-state index in [1.807, 2.05) is 32.9 Å². The lowest BCUT2D eigenvalue weighted by molar-refractivity contribution is -0.384. The van der Waals surface area contributed by atoms with Crippen LogP contribution in [0.25, 0.3) is 0 Å². The van der Waals surface area contributed by atoms with E-state index in [-0.39, 0.29) is 23.2 Å². The maximum atomic E-state index is 12.6. The summed E-state index contributed by atoms with van der Waals surface area (Å²) in [7, 11) is 0. The minimum Gasteiger partial charge on any atom is -0.340 e. The second-order valence-corrected chi connectivity index (χ2v) is 6.86. The zero-order valence-corrected chi connectivity index (χ0v) is 16.1.